The van der Waals surface area contributed by atoms with Crippen molar-refractivity contribution in [2.45, 2.75) is 24.9 Å². The second kappa shape index (κ2) is 5.36. The molecule has 1 unspecified atom stereocenters. The minimum Gasteiger partial charge on any atom is -0.497 e. The highest BCUT2D eigenvalue weighted by Gasteiger charge is 2.47. The maximum atomic E-state index is 6.16. The van der Waals surface area contributed by atoms with Gasteiger partial charge in [-0.15, -0.1) is 0 Å². The summed E-state index contributed by atoms with van der Waals surface area (Å²) >= 11 is 0. The van der Waals surface area contributed by atoms with Gasteiger partial charge < -0.3 is 15.0 Å². The first kappa shape index (κ1) is 14.7. The lowest BCUT2D eigenvalue weighted by Gasteiger charge is -2.51. The van der Waals surface area contributed by atoms with Crippen LogP contribution >= 0.6 is 0 Å². The van der Waals surface area contributed by atoms with E-state index in [1.165, 1.54) is 22.3 Å². The van der Waals surface area contributed by atoms with Crippen LogP contribution in [0.15, 0.2) is 42.5 Å². The van der Waals surface area contributed by atoms with Crippen LogP contribution in [0.4, 0.5) is 0 Å². The molecule has 120 valence electrons. The number of nitrogens with zero attached hydrogens (tertiary/aromatic N) is 1. The number of methoxy groups -OCH3 is 1. The Balaban J connectivity index is 1.91. The van der Waals surface area contributed by atoms with Crippen LogP contribution in [0.2, 0.25) is 0 Å². The summed E-state index contributed by atoms with van der Waals surface area (Å²) in [6.45, 7) is 2.07. The molecule has 3 nitrogen and oxygen atoms in total. The summed E-state index contributed by atoms with van der Waals surface area (Å²) < 4.78 is 6.51. The molecule has 0 spiro atoms. The van der Waals surface area contributed by atoms with E-state index in [0.717, 1.165) is 36.2 Å². The molecule has 0 aromatic heterocycles. The standard InChI is InChI=1S/C20H25N2O/c1-22(12-16(21)13-22)20-18-6-4-3-5-14(18)7-8-15-9-10-17(23-2)11-19(15)20/h3-6,9-11,16,20H,7-8,12-13,21H2,1-2H3/q+1. The average molecular weight is 309 g/mol. The summed E-state index contributed by atoms with van der Waals surface area (Å²) in [6, 6.07) is 16.2. The van der Waals surface area contributed by atoms with E-state index in [-0.39, 0.29) is 0 Å². The topological polar surface area (TPSA) is 35.2 Å². The van der Waals surface area contributed by atoms with Gasteiger partial charge in [0.1, 0.15) is 30.9 Å². The third-order valence-corrected chi connectivity index (χ3v) is 5.59. The average Bonchev–Trinajstić information content (AvgIpc) is 2.69. The zero-order chi connectivity index (χ0) is 16.0. The number of rotatable bonds is 2. The molecule has 1 aliphatic carbocycles. The lowest BCUT2D eigenvalue weighted by atomic mass is 9.87. The Labute approximate surface area is 138 Å². The summed E-state index contributed by atoms with van der Waals surface area (Å²) in [5.74, 6) is 0.949. The highest BCUT2D eigenvalue weighted by atomic mass is 16.5. The van der Waals surface area contributed by atoms with E-state index >= 15 is 0 Å². The molecule has 1 aliphatic heterocycles. The second-order valence-electron chi connectivity index (χ2n) is 7.27. The van der Waals surface area contributed by atoms with Crippen LogP contribution in [0.5, 0.6) is 5.75 Å². The molecule has 3 heteroatoms. The first-order valence-electron chi connectivity index (χ1n) is 8.45. The number of aryl methyl sites for hydroxylation is 2. The van der Waals surface area contributed by atoms with Crippen molar-refractivity contribution in [2.24, 2.45) is 5.73 Å². The molecule has 4 rings (SSSR count). The van der Waals surface area contributed by atoms with Gasteiger partial charge in [0.15, 0.2) is 0 Å². The molecule has 23 heavy (non-hydrogen) atoms. The molecule has 0 radical (unpaired) electrons. The van der Waals surface area contributed by atoms with Crippen molar-refractivity contribution in [1.82, 2.24) is 0 Å². The van der Waals surface area contributed by atoms with Gasteiger partial charge in [-0.05, 0) is 36.1 Å². The van der Waals surface area contributed by atoms with Gasteiger partial charge in [0, 0.05) is 11.1 Å². The Bertz CT molecular complexity index is 734. The Morgan fingerprint density at radius 1 is 1.00 bits per heavy atom. The number of hydrogen-bond acceptors (Lipinski definition) is 2. The van der Waals surface area contributed by atoms with Crippen LogP contribution in [0.3, 0.4) is 0 Å². The van der Waals surface area contributed by atoms with Crippen LogP contribution in [-0.4, -0.2) is 37.8 Å². The first-order valence-corrected chi connectivity index (χ1v) is 8.45. The first-order chi connectivity index (χ1) is 11.1. The maximum Gasteiger partial charge on any atom is 0.141 e. The van der Waals surface area contributed by atoms with E-state index in [4.69, 9.17) is 10.5 Å². The van der Waals surface area contributed by atoms with Gasteiger partial charge in [-0.1, -0.05) is 30.3 Å². The Hall–Kier alpha value is -1.84. The molecular formula is C20H25N2O+. The van der Waals surface area contributed by atoms with Crippen molar-refractivity contribution in [3.8, 4) is 5.75 Å². The molecule has 0 saturated carbocycles. The summed E-state index contributed by atoms with van der Waals surface area (Å²) in [5.41, 5.74) is 12.0. The molecule has 1 saturated heterocycles. The number of benzene rings is 2. The number of nitrogens with two attached hydrogens (primary N) is 1. The monoisotopic (exact) mass is 309 g/mol. The summed E-state index contributed by atoms with van der Waals surface area (Å²) in [4.78, 5) is 0. The van der Waals surface area contributed by atoms with Gasteiger partial charge in [0.05, 0.1) is 14.2 Å². The second-order valence-corrected chi connectivity index (χ2v) is 7.27. The summed E-state index contributed by atoms with van der Waals surface area (Å²) in [5, 5.41) is 0. The van der Waals surface area contributed by atoms with Crippen molar-refractivity contribution in [3.05, 3.63) is 64.7 Å². The smallest absolute Gasteiger partial charge is 0.141 e. The van der Waals surface area contributed by atoms with E-state index in [9.17, 15) is 0 Å². The summed E-state index contributed by atoms with van der Waals surface area (Å²) in [7, 11) is 4.09. The highest BCUT2D eigenvalue weighted by molar-refractivity contribution is 5.46. The van der Waals surface area contributed by atoms with Crippen LogP contribution in [-0.2, 0) is 12.8 Å². The lowest BCUT2D eigenvalue weighted by Crippen LogP contribution is -2.68. The van der Waals surface area contributed by atoms with Gasteiger partial charge in [0.2, 0.25) is 0 Å². The van der Waals surface area contributed by atoms with Crippen LogP contribution in [0, 0.1) is 0 Å². The third-order valence-electron chi connectivity index (χ3n) is 5.59. The van der Waals surface area contributed by atoms with Gasteiger partial charge in [-0.25, -0.2) is 0 Å². The molecule has 2 aromatic carbocycles. The Morgan fingerprint density at radius 2 is 1.70 bits per heavy atom. The normalized spacial score (nSPS) is 29.0. The third kappa shape index (κ3) is 2.35. The number of likely N-dealkylation sites (tertiary alicyclic amines) is 1. The van der Waals surface area contributed by atoms with Crippen molar-refractivity contribution >= 4 is 0 Å². The number of hydrogen-bond donors (Lipinski definition) is 1. The molecule has 1 fully saturated rings. The largest absolute Gasteiger partial charge is 0.497 e. The fourth-order valence-corrected chi connectivity index (χ4v) is 4.55. The number of likely N-dealkylation sites (N-methyl/N-ethyl adjacent to an activating group) is 1. The zero-order valence-electron chi connectivity index (χ0n) is 14.0. The highest BCUT2D eigenvalue weighted by Crippen LogP contribution is 2.43. The fourth-order valence-electron chi connectivity index (χ4n) is 4.55. The predicted octanol–water partition coefficient (Wildman–Crippen LogP) is 2.67. The number of ether oxygens (including phenoxy) is 1. The number of fused-ring (bicyclic) bond motifs is 2. The minimum atomic E-state index is 0.324. The molecule has 2 N–H and O–H groups in total. The molecule has 0 amide bonds. The van der Waals surface area contributed by atoms with Crippen LogP contribution in [0.1, 0.15) is 28.3 Å². The van der Waals surface area contributed by atoms with E-state index in [0.29, 0.717) is 12.1 Å². The molecular weight excluding hydrogens is 284 g/mol. The predicted molar refractivity (Wildman–Crippen MR) is 92.6 cm³/mol. The van der Waals surface area contributed by atoms with Crippen molar-refractivity contribution in [2.75, 3.05) is 27.2 Å². The quantitative estimate of drug-likeness (QED) is 0.866. The van der Waals surface area contributed by atoms with E-state index in [2.05, 4.69) is 49.5 Å². The summed E-state index contributed by atoms with van der Waals surface area (Å²) in [6.07, 6.45) is 2.21. The van der Waals surface area contributed by atoms with E-state index in [1.807, 2.05) is 0 Å². The lowest BCUT2D eigenvalue weighted by molar-refractivity contribution is -0.971. The zero-order valence-corrected chi connectivity index (χ0v) is 14.0. The van der Waals surface area contributed by atoms with Crippen molar-refractivity contribution in [3.63, 3.8) is 0 Å². The Morgan fingerprint density at radius 3 is 2.39 bits per heavy atom. The van der Waals surface area contributed by atoms with Gasteiger partial charge in [0.25, 0.3) is 0 Å². The molecule has 2 aromatic rings. The fraction of sp³-hybridized carbons (Fsp3) is 0.400. The molecule has 1 atom stereocenters. The van der Waals surface area contributed by atoms with Crippen molar-refractivity contribution < 1.29 is 9.22 Å². The van der Waals surface area contributed by atoms with Gasteiger partial charge >= 0.3 is 0 Å². The number of quaternary nitrogens is 1. The minimum absolute atomic E-state index is 0.324. The van der Waals surface area contributed by atoms with E-state index in [1.54, 1.807) is 7.11 Å². The van der Waals surface area contributed by atoms with Gasteiger partial charge in [-0.3, -0.25) is 0 Å². The van der Waals surface area contributed by atoms with Crippen LogP contribution < -0.4 is 10.5 Å². The molecule has 0 bridgehead atoms. The van der Waals surface area contributed by atoms with Gasteiger partial charge in [-0.2, -0.15) is 0 Å². The van der Waals surface area contributed by atoms with E-state index < -0.39 is 0 Å². The molecule has 2 aliphatic rings. The van der Waals surface area contributed by atoms with Crippen LogP contribution in [0.25, 0.3) is 0 Å². The molecule has 1 heterocycles. The SMILES string of the molecule is COc1ccc2c(c1)C([N+]1(C)CC(N)C1)c1ccccc1CC2. The Kier molecular flexibility index (Phi) is 3.43. The maximum absolute atomic E-state index is 6.16. The van der Waals surface area contributed by atoms with Crippen molar-refractivity contribution in [1.29, 1.82) is 0 Å².